The molecule has 0 spiro atoms. The lowest BCUT2D eigenvalue weighted by molar-refractivity contribution is 0.101. The second-order valence-corrected chi connectivity index (χ2v) is 7.15. The maximum atomic E-state index is 12.6. The predicted octanol–water partition coefficient (Wildman–Crippen LogP) is 4.14. The number of fused-ring (bicyclic) bond motifs is 2. The first kappa shape index (κ1) is 14.5. The van der Waals surface area contributed by atoms with Crippen molar-refractivity contribution >= 4 is 28.3 Å². The Labute approximate surface area is 139 Å². The lowest BCUT2D eigenvalue weighted by Crippen LogP contribution is -2.21. The lowest BCUT2D eigenvalue weighted by Gasteiger charge is -2.07. The van der Waals surface area contributed by atoms with Crippen LogP contribution in [0.5, 0.6) is 0 Å². The molecule has 0 aliphatic heterocycles. The Morgan fingerprint density at radius 1 is 1.13 bits per heavy atom. The van der Waals surface area contributed by atoms with Gasteiger partial charge in [-0.3, -0.25) is 10.2 Å². The van der Waals surface area contributed by atoms with Crippen LogP contribution in [-0.2, 0) is 12.8 Å². The van der Waals surface area contributed by atoms with E-state index in [4.69, 9.17) is 0 Å². The zero-order chi connectivity index (χ0) is 15.6. The Morgan fingerprint density at radius 2 is 1.96 bits per heavy atom. The number of aryl methyl sites for hydroxylation is 2. The third-order valence-electron chi connectivity index (χ3n) is 4.40. The maximum absolute atomic E-state index is 12.6. The molecule has 3 aromatic rings. The highest BCUT2D eigenvalue weighted by molar-refractivity contribution is 7.14. The van der Waals surface area contributed by atoms with Crippen LogP contribution in [0.4, 0.5) is 0 Å². The average molecular weight is 325 g/mol. The summed E-state index contributed by atoms with van der Waals surface area (Å²) in [5.41, 5.74) is 6.11. The number of thiophene rings is 1. The van der Waals surface area contributed by atoms with Gasteiger partial charge in [0.25, 0.3) is 5.91 Å². The Balaban J connectivity index is 1.58. The van der Waals surface area contributed by atoms with Crippen LogP contribution >= 0.6 is 11.3 Å². The average Bonchev–Trinajstić information content (AvgIpc) is 3.12. The Bertz CT molecular complexity index is 823. The Kier molecular flexibility index (Phi) is 3.87. The minimum absolute atomic E-state index is 0.0510. The van der Waals surface area contributed by atoms with Gasteiger partial charge in [0.1, 0.15) is 6.33 Å². The number of hydrogen-bond donors (Lipinski definition) is 1. The Hall–Kier alpha value is -2.14. The molecular weight excluding hydrogens is 306 g/mol. The highest BCUT2D eigenvalue weighted by atomic mass is 32.1. The summed E-state index contributed by atoms with van der Waals surface area (Å²) in [7, 11) is 0. The van der Waals surface area contributed by atoms with Gasteiger partial charge in [-0.05, 0) is 49.4 Å². The third kappa shape index (κ3) is 2.88. The van der Waals surface area contributed by atoms with Crippen molar-refractivity contribution in [3.05, 3.63) is 52.0 Å². The molecule has 2 aromatic heterocycles. The van der Waals surface area contributed by atoms with Gasteiger partial charge in [0.2, 0.25) is 0 Å². The van der Waals surface area contributed by atoms with Gasteiger partial charge in [0.05, 0.1) is 15.9 Å². The molecule has 1 amide bonds. The quantitative estimate of drug-likeness (QED) is 0.769. The molecule has 0 unspecified atom stereocenters. The molecule has 5 heteroatoms. The summed E-state index contributed by atoms with van der Waals surface area (Å²) in [6, 6.07) is 9.87. The fraction of sp³-hybridized carbons (Fsp3) is 0.333. The minimum Gasteiger partial charge on any atom is -0.266 e. The summed E-state index contributed by atoms with van der Waals surface area (Å²) < 4.78 is 1.70. The fourth-order valence-corrected chi connectivity index (χ4v) is 4.31. The number of rotatable bonds is 2. The van der Waals surface area contributed by atoms with Crippen LogP contribution in [0.25, 0.3) is 11.0 Å². The van der Waals surface area contributed by atoms with Crippen molar-refractivity contribution in [3.63, 3.8) is 0 Å². The number of benzene rings is 1. The molecule has 4 nitrogen and oxygen atoms in total. The molecule has 1 N–H and O–H groups in total. The lowest BCUT2D eigenvalue weighted by atomic mass is 10.00. The monoisotopic (exact) mass is 325 g/mol. The van der Waals surface area contributed by atoms with Crippen molar-refractivity contribution in [2.75, 3.05) is 5.43 Å². The van der Waals surface area contributed by atoms with Gasteiger partial charge in [-0.2, -0.15) is 0 Å². The number of para-hydroxylation sites is 2. The van der Waals surface area contributed by atoms with Crippen molar-refractivity contribution in [2.24, 2.45) is 0 Å². The van der Waals surface area contributed by atoms with Crippen LogP contribution in [-0.4, -0.2) is 15.6 Å². The van der Waals surface area contributed by atoms with Gasteiger partial charge in [-0.15, -0.1) is 11.3 Å². The summed E-state index contributed by atoms with van der Waals surface area (Å²) in [4.78, 5) is 19.1. The molecule has 0 atom stereocenters. The summed E-state index contributed by atoms with van der Waals surface area (Å²) in [6.07, 6.45) is 8.95. The molecule has 1 aliphatic rings. The summed E-state index contributed by atoms with van der Waals surface area (Å²) in [5.74, 6) is -0.0510. The second-order valence-electron chi connectivity index (χ2n) is 6.02. The second kappa shape index (κ2) is 6.16. The van der Waals surface area contributed by atoms with E-state index >= 15 is 0 Å². The first-order valence-corrected chi connectivity index (χ1v) is 8.98. The first-order chi connectivity index (χ1) is 11.3. The molecule has 4 rings (SSSR count). The van der Waals surface area contributed by atoms with E-state index in [1.807, 2.05) is 24.3 Å². The highest BCUT2D eigenvalue weighted by Gasteiger charge is 2.16. The zero-order valence-corrected chi connectivity index (χ0v) is 13.7. The van der Waals surface area contributed by atoms with E-state index < -0.39 is 0 Å². The van der Waals surface area contributed by atoms with Crippen molar-refractivity contribution in [1.29, 1.82) is 0 Å². The Morgan fingerprint density at radius 3 is 2.87 bits per heavy atom. The number of nitrogens with one attached hydrogen (secondary N) is 1. The van der Waals surface area contributed by atoms with Gasteiger partial charge >= 0.3 is 0 Å². The van der Waals surface area contributed by atoms with Gasteiger partial charge in [0.15, 0.2) is 0 Å². The molecule has 0 bridgehead atoms. The normalized spacial score (nSPS) is 15.0. The molecule has 1 aromatic carbocycles. The SMILES string of the molecule is O=C(Nn1cnc2ccccc21)c1cc2c(s1)CCCCCC2. The molecular formula is C18H19N3OS. The third-order valence-corrected chi connectivity index (χ3v) is 5.63. The molecule has 23 heavy (non-hydrogen) atoms. The number of hydrogen-bond acceptors (Lipinski definition) is 3. The highest BCUT2D eigenvalue weighted by Crippen LogP contribution is 2.28. The molecule has 0 saturated heterocycles. The number of imidazole rings is 1. The topological polar surface area (TPSA) is 46.9 Å². The van der Waals surface area contributed by atoms with E-state index in [0.29, 0.717) is 0 Å². The summed E-state index contributed by atoms with van der Waals surface area (Å²) >= 11 is 1.65. The van der Waals surface area contributed by atoms with Gasteiger partial charge in [-0.1, -0.05) is 25.0 Å². The molecule has 0 saturated carbocycles. The number of nitrogens with zero attached hydrogens (tertiary/aromatic N) is 2. The number of carbonyl (C=O) groups is 1. The van der Waals surface area contributed by atoms with Crippen molar-refractivity contribution < 1.29 is 4.79 Å². The van der Waals surface area contributed by atoms with Gasteiger partial charge in [-0.25, -0.2) is 9.66 Å². The zero-order valence-electron chi connectivity index (χ0n) is 12.9. The summed E-state index contributed by atoms with van der Waals surface area (Å²) in [6.45, 7) is 0. The minimum atomic E-state index is -0.0510. The van der Waals surface area contributed by atoms with E-state index in [1.165, 1.54) is 36.1 Å². The van der Waals surface area contributed by atoms with Crippen LogP contribution in [0.1, 0.15) is 45.8 Å². The predicted molar refractivity (Wildman–Crippen MR) is 93.6 cm³/mol. The first-order valence-electron chi connectivity index (χ1n) is 8.16. The van der Waals surface area contributed by atoms with E-state index in [-0.39, 0.29) is 5.91 Å². The number of amides is 1. The number of carbonyl (C=O) groups excluding carboxylic acids is 1. The molecule has 2 heterocycles. The van der Waals surface area contributed by atoms with E-state index in [0.717, 1.165) is 28.8 Å². The van der Waals surface area contributed by atoms with Crippen molar-refractivity contribution in [3.8, 4) is 0 Å². The van der Waals surface area contributed by atoms with E-state index in [1.54, 1.807) is 22.3 Å². The van der Waals surface area contributed by atoms with Crippen LogP contribution in [0.3, 0.4) is 0 Å². The van der Waals surface area contributed by atoms with E-state index in [2.05, 4.69) is 16.5 Å². The van der Waals surface area contributed by atoms with Crippen molar-refractivity contribution in [1.82, 2.24) is 9.66 Å². The van der Waals surface area contributed by atoms with Crippen LogP contribution < -0.4 is 5.43 Å². The maximum Gasteiger partial charge on any atom is 0.280 e. The smallest absolute Gasteiger partial charge is 0.266 e. The van der Waals surface area contributed by atoms with Crippen LogP contribution in [0.15, 0.2) is 36.7 Å². The molecule has 0 fully saturated rings. The van der Waals surface area contributed by atoms with Gasteiger partial charge < -0.3 is 0 Å². The largest absolute Gasteiger partial charge is 0.280 e. The summed E-state index contributed by atoms with van der Waals surface area (Å²) in [5, 5.41) is 0. The van der Waals surface area contributed by atoms with E-state index in [9.17, 15) is 4.79 Å². The molecule has 0 radical (unpaired) electrons. The van der Waals surface area contributed by atoms with Crippen LogP contribution in [0, 0.1) is 0 Å². The van der Waals surface area contributed by atoms with Crippen LogP contribution in [0.2, 0.25) is 0 Å². The number of aromatic nitrogens is 2. The molecule has 118 valence electrons. The fourth-order valence-electron chi connectivity index (χ4n) is 3.17. The van der Waals surface area contributed by atoms with Crippen molar-refractivity contribution in [2.45, 2.75) is 38.5 Å². The van der Waals surface area contributed by atoms with Gasteiger partial charge in [0, 0.05) is 4.88 Å². The molecule has 1 aliphatic carbocycles. The standard InChI is InChI=1S/C18H19N3OS/c22-18(20-21-12-19-14-8-5-6-9-15(14)21)17-11-13-7-3-1-2-4-10-16(13)23-17/h5-6,8-9,11-12H,1-4,7,10H2,(H,20,22).